The number of benzene rings is 22. The molecule has 18 heteroatoms. The molecule has 722 valence electrons. The summed E-state index contributed by atoms with van der Waals surface area (Å²) in [5.41, 5.74) is 42.5. The Labute approximate surface area is 881 Å². The second kappa shape index (κ2) is 40.6. The van der Waals surface area contributed by atoms with Gasteiger partial charge >= 0.3 is 0 Å². The van der Waals surface area contributed by atoms with Crippen molar-refractivity contribution >= 4 is 230 Å². The van der Waals surface area contributed by atoms with Gasteiger partial charge in [0, 0.05) is 221 Å². The lowest BCUT2D eigenvalue weighted by Crippen LogP contribution is -1.90. The molecule has 150 heavy (non-hydrogen) atoms. The fraction of sp³-hybridized carbons (Fsp3) is 0. The molecule has 0 amide bonds. The van der Waals surface area contributed by atoms with Gasteiger partial charge in [-0.15, -0.1) is 0 Å². The molecule has 0 radical (unpaired) electrons. The van der Waals surface area contributed by atoms with Gasteiger partial charge in [0.1, 0.15) is 0 Å². The van der Waals surface area contributed by atoms with Crippen molar-refractivity contribution in [2.75, 3.05) is 0 Å². The monoisotopic (exact) mass is 2120 g/mol. The summed E-state index contributed by atoms with van der Waals surface area (Å²) in [5.74, 6) is 0. The Bertz CT molecular complexity index is 10000. The fourth-order valence-corrected chi connectivity index (χ4v) is 23.4. The van der Waals surface area contributed by atoms with Gasteiger partial charge in [0.2, 0.25) is 0 Å². The third kappa shape index (κ3) is 16.6. The highest BCUT2D eigenvalue weighted by molar-refractivity contribution is 9.10. The number of aromatic amines is 8. The molecule has 8 aromatic heterocycles. The Kier molecular flexibility index (Phi) is 25.6. The van der Waals surface area contributed by atoms with Crippen LogP contribution in [-0.4, -0.2) is 39.9 Å². The van der Waals surface area contributed by atoms with Crippen LogP contribution in [0.25, 0.3) is 286 Å². The highest BCUT2D eigenvalue weighted by Crippen LogP contribution is 2.56. The van der Waals surface area contributed by atoms with Gasteiger partial charge in [0.15, 0.2) is 0 Å². The Morgan fingerprint density at radius 1 is 0.133 bits per heavy atom. The number of rotatable bonds is 10. The lowest BCUT2D eigenvalue weighted by molar-refractivity contribution is 0.108. The van der Waals surface area contributed by atoms with Gasteiger partial charge in [-0.25, -0.2) is 0 Å². The maximum Gasteiger partial charge on any atom is 0.0573 e. The summed E-state index contributed by atoms with van der Waals surface area (Å²) < 4.78 is 50.1. The van der Waals surface area contributed by atoms with Crippen molar-refractivity contribution in [1.82, 2.24) is 39.9 Å². The minimum absolute atomic E-state index is 0.720. The first-order chi connectivity index (χ1) is 74.1. The number of aromatic nitrogens is 8. The quantitative estimate of drug-likeness (QED) is 0.0621. The van der Waals surface area contributed by atoms with Crippen LogP contribution in [0.1, 0.15) is 0 Å². The summed E-state index contributed by atoms with van der Waals surface area (Å²) in [5, 5.41) is 21.2. The molecule has 0 bridgehead atoms. The van der Waals surface area contributed by atoms with Gasteiger partial charge in [-0.05, 0) is 164 Å². The second-order valence-corrected chi connectivity index (χ2v) is 39.7. The maximum absolute atomic E-state index is 8.00. The van der Waals surface area contributed by atoms with E-state index in [1.165, 1.54) is 203 Å². The van der Waals surface area contributed by atoms with Gasteiger partial charge in [-0.1, -0.05) is 419 Å². The molecule has 8 nitrogen and oxygen atoms in total. The lowest BCUT2D eigenvalue weighted by atomic mass is 9.87. The number of halogens is 10. The van der Waals surface area contributed by atoms with Gasteiger partial charge in [-0.3, -0.25) is 0 Å². The minimum Gasteiger partial charge on any atom is -0.354 e. The Morgan fingerprint density at radius 2 is 0.273 bits per heavy atom. The zero-order valence-corrected chi connectivity index (χ0v) is 84.3. The highest BCUT2D eigenvalue weighted by Gasteiger charge is 2.31. The number of hydrogen-bond acceptors (Lipinski definition) is 0. The van der Waals surface area contributed by atoms with Crippen molar-refractivity contribution in [2.45, 2.75) is 0 Å². The van der Waals surface area contributed by atoms with Crippen LogP contribution in [0.2, 0.25) is 10.0 Å². The molecule has 0 fully saturated rings. The molecule has 0 atom stereocenters. The number of nitrogens with one attached hydrogen (secondary N) is 8. The Balaban J connectivity index is 0.000000105. The number of para-hydroxylation sites is 8. The van der Waals surface area contributed by atoms with E-state index in [4.69, 9.17) is 50.6 Å². The molecular weight excluding hydrogens is 2040 g/mol. The molecule has 0 aliphatic carbocycles. The van der Waals surface area contributed by atoms with E-state index in [0.717, 1.165) is 102 Å². The molecule has 8 N–H and O–H groups in total. The first-order valence-electron chi connectivity index (χ1n) is 48.9. The van der Waals surface area contributed by atoms with Gasteiger partial charge < -0.3 is 39.9 Å². The average Bonchev–Trinajstić information content (AvgIpc) is 1.58. The van der Waals surface area contributed by atoms with Crippen LogP contribution in [0.5, 0.6) is 0 Å². The van der Waals surface area contributed by atoms with Crippen molar-refractivity contribution in [3.8, 4) is 111 Å². The Hall–Kier alpha value is -17.6. The van der Waals surface area contributed by atoms with Crippen LogP contribution in [0.3, 0.4) is 0 Å². The SMILES string of the molecule is Brc1ccc(-c2c(-c3ccc(Br)cc3)c3c4ccccc4[nH]c3c3c2[nH]c2ccccc23)cc1.Clc1ccc(-c2c(-c3ccc(Cl)cc3)c3c4ccccc4[nH]c3c3c2[nH]c2ccccc23)cc1.FF.FF.FF.c1ccc(-c2ccc(-c3c(-c4ccccc4)c4[nH]c5ccccc5c4c4[nH]c5ccccc5c34)cc2)cc1.c1ccc(-c2ccc(-c3c(-c4ccccc4)c4c5ccccc5[nH]c4c4c3[nH]c3ccccc34)cc2)cc1. The van der Waals surface area contributed by atoms with E-state index in [2.05, 4.69) is 509 Å². The minimum atomic E-state index is 0.720. The van der Waals surface area contributed by atoms with Crippen molar-refractivity contribution in [1.29, 1.82) is 0 Å². The van der Waals surface area contributed by atoms with Crippen LogP contribution < -0.4 is 0 Å². The smallest absolute Gasteiger partial charge is 0.0573 e. The summed E-state index contributed by atoms with van der Waals surface area (Å²) in [6.45, 7) is 0. The van der Waals surface area contributed by atoms with Crippen molar-refractivity contribution in [3.05, 3.63) is 480 Å². The topological polar surface area (TPSA) is 126 Å². The summed E-state index contributed by atoms with van der Waals surface area (Å²) in [4.78, 5) is 30.3. The van der Waals surface area contributed by atoms with E-state index in [-0.39, 0.29) is 0 Å². The predicted molar refractivity (Wildman–Crippen MR) is 627 cm³/mol. The molecule has 0 unspecified atom stereocenters. The normalized spacial score (nSPS) is 11.4. The fourth-order valence-electron chi connectivity index (χ4n) is 22.6. The van der Waals surface area contributed by atoms with Crippen molar-refractivity contribution in [3.63, 3.8) is 0 Å². The van der Waals surface area contributed by atoms with Gasteiger partial charge in [0.25, 0.3) is 0 Å². The molecule has 0 spiro atoms. The molecular formula is C132H84Br2Cl2F6N8. The lowest BCUT2D eigenvalue weighted by Gasteiger charge is -2.16. The summed E-state index contributed by atoms with van der Waals surface area (Å²) in [6.07, 6.45) is 0. The molecule has 0 aliphatic rings. The summed E-state index contributed by atoms with van der Waals surface area (Å²) in [7, 11) is 0. The van der Waals surface area contributed by atoms with Crippen molar-refractivity contribution < 1.29 is 27.4 Å². The largest absolute Gasteiger partial charge is 0.354 e. The molecule has 0 aliphatic heterocycles. The van der Waals surface area contributed by atoms with Crippen LogP contribution in [0, 0.1) is 0 Å². The van der Waals surface area contributed by atoms with Crippen LogP contribution in [0.15, 0.2) is 470 Å². The standard InChI is InChI=1S/2C36H24N2.C30H18Br2N2.C30H18Cl2N2.3F2/c1-3-11-23(12-4-1)24-19-21-26(22-20-24)31-32(25-13-5-2-6-14-25)35-34(28-16-8-10-18-30(28)37-35)36-33(31)27-15-7-9-17-29(27)38-36;1-3-11-23(12-4-1)24-19-21-26(22-20-24)32-31(25-13-5-2-6-14-25)33-27-15-7-9-17-29(27)38-36(33)34-28-16-8-10-18-30(28)37-35(32)34;2*31-19-13-9-17(10-14-19)25-26(18-11-15-20(32)16-12-18)29-28(22-6-2-4-8-24(22)33-29)30-27(25)21-5-1-3-7-23(21)34-30;3*1-2/h2*1-22,37-38H;2*1-16,33-34H;;;. The average molecular weight is 2130 g/mol. The molecule has 0 saturated heterocycles. The first-order valence-corrected chi connectivity index (χ1v) is 51.2. The van der Waals surface area contributed by atoms with Crippen LogP contribution >= 0.6 is 55.1 Å². The molecule has 0 saturated carbocycles. The van der Waals surface area contributed by atoms with Crippen LogP contribution in [-0.2, 0) is 0 Å². The third-order valence-corrected chi connectivity index (χ3v) is 30.4. The summed E-state index contributed by atoms with van der Waals surface area (Å²) >= 11 is 19.8. The van der Waals surface area contributed by atoms with E-state index < -0.39 is 0 Å². The van der Waals surface area contributed by atoms with E-state index in [1.54, 1.807) is 0 Å². The third-order valence-electron chi connectivity index (χ3n) is 28.9. The molecule has 30 rings (SSSR count). The van der Waals surface area contributed by atoms with Crippen LogP contribution in [0.4, 0.5) is 27.4 Å². The number of hydrogen-bond donors (Lipinski definition) is 8. The second-order valence-electron chi connectivity index (χ2n) is 37.0. The Morgan fingerprint density at radius 3 is 0.493 bits per heavy atom. The van der Waals surface area contributed by atoms with Gasteiger partial charge in [0.05, 0.1) is 44.1 Å². The maximum atomic E-state index is 8.00. The molecule has 22 aromatic carbocycles. The summed E-state index contributed by atoms with van der Waals surface area (Å²) in [6, 6.07) is 163. The van der Waals surface area contributed by atoms with E-state index >= 15 is 0 Å². The van der Waals surface area contributed by atoms with Gasteiger partial charge in [-0.2, -0.15) is 0 Å². The molecule has 8 heterocycles. The number of H-pyrrole nitrogens is 8. The first kappa shape index (κ1) is 94.6. The van der Waals surface area contributed by atoms with E-state index in [1.807, 2.05) is 24.3 Å². The van der Waals surface area contributed by atoms with E-state index in [9.17, 15) is 0 Å². The highest BCUT2D eigenvalue weighted by atomic mass is 79.9. The molecule has 30 aromatic rings. The number of fused-ring (bicyclic) bond motifs is 28. The van der Waals surface area contributed by atoms with E-state index in [0.29, 0.717) is 0 Å². The van der Waals surface area contributed by atoms with Crippen molar-refractivity contribution in [2.24, 2.45) is 0 Å². The zero-order chi connectivity index (χ0) is 102. The zero-order valence-electron chi connectivity index (χ0n) is 79.7. The predicted octanol–water partition coefficient (Wildman–Crippen LogP) is 41.8.